The first-order valence-electron chi connectivity index (χ1n) is 6.55. The predicted molar refractivity (Wildman–Crippen MR) is 59.4 cm³/mol. The lowest BCUT2D eigenvalue weighted by atomic mass is 9.69. The molecular formula is C14H18O2. The average molecular weight is 218 g/mol. The van der Waals surface area contributed by atoms with E-state index in [2.05, 4.69) is 12.2 Å². The molecule has 86 valence electrons. The van der Waals surface area contributed by atoms with E-state index < -0.39 is 0 Å². The van der Waals surface area contributed by atoms with Gasteiger partial charge in [0.15, 0.2) is 0 Å². The molecule has 3 fully saturated rings. The van der Waals surface area contributed by atoms with E-state index in [-0.39, 0.29) is 11.9 Å². The van der Waals surface area contributed by atoms with Gasteiger partial charge >= 0.3 is 5.97 Å². The Balaban J connectivity index is 1.66. The van der Waals surface area contributed by atoms with E-state index in [0.717, 1.165) is 36.0 Å². The smallest absolute Gasteiger partial charge is 0.308 e. The molecule has 3 saturated carbocycles. The summed E-state index contributed by atoms with van der Waals surface area (Å²) in [5, 5.41) is 0. The lowest BCUT2D eigenvalue weighted by molar-refractivity contribution is -0.148. The summed E-state index contributed by atoms with van der Waals surface area (Å²) in [5.41, 5.74) is 0. The zero-order valence-corrected chi connectivity index (χ0v) is 9.63. The number of esters is 1. The minimum Gasteiger partial charge on any atom is -0.469 e. The van der Waals surface area contributed by atoms with Crippen molar-refractivity contribution in [2.24, 2.45) is 41.4 Å². The number of hydrogen-bond donors (Lipinski definition) is 0. The zero-order chi connectivity index (χ0) is 10.9. The molecule has 4 aliphatic rings. The topological polar surface area (TPSA) is 26.3 Å². The van der Waals surface area contributed by atoms with Gasteiger partial charge in [-0.3, -0.25) is 4.79 Å². The molecule has 2 nitrogen and oxygen atoms in total. The molecular weight excluding hydrogens is 200 g/mol. The molecule has 0 radical (unpaired) electrons. The van der Waals surface area contributed by atoms with Crippen LogP contribution in [0.2, 0.25) is 0 Å². The van der Waals surface area contributed by atoms with E-state index in [4.69, 9.17) is 4.74 Å². The van der Waals surface area contributed by atoms with E-state index in [0.29, 0.717) is 5.92 Å². The van der Waals surface area contributed by atoms with Crippen LogP contribution in [0.25, 0.3) is 0 Å². The number of methoxy groups -OCH3 is 1. The van der Waals surface area contributed by atoms with Gasteiger partial charge in [0.2, 0.25) is 0 Å². The third-order valence-corrected chi connectivity index (χ3v) is 5.77. The van der Waals surface area contributed by atoms with E-state index >= 15 is 0 Å². The van der Waals surface area contributed by atoms with Gasteiger partial charge in [0.05, 0.1) is 13.0 Å². The summed E-state index contributed by atoms with van der Waals surface area (Å²) in [4.78, 5) is 11.8. The van der Waals surface area contributed by atoms with Crippen molar-refractivity contribution in [3.8, 4) is 0 Å². The van der Waals surface area contributed by atoms with Gasteiger partial charge in [-0.2, -0.15) is 0 Å². The first-order valence-corrected chi connectivity index (χ1v) is 6.55. The van der Waals surface area contributed by atoms with Gasteiger partial charge in [-0.25, -0.2) is 0 Å². The summed E-state index contributed by atoms with van der Waals surface area (Å²) in [7, 11) is 1.53. The molecule has 0 saturated heterocycles. The number of ether oxygens (including phenoxy) is 1. The Labute approximate surface area is 96.0 Å². The van der Waals surface area contributed by atoms with Gasteiger partial charge in [-0.1, -0.05) is 12.2 Å². The van der Waals surface area contributed by atoms with E-state index in [1.165, 1.54) is 20.0 Å². The zero-order valence-electron chi connectivity index (χ0n) is 9.63. The maximum Gasteiger partial charge on any atom is 0.308 e. The van der Waals surface area contributed by atoms with Gasteiger partial charge in [-0.15, -0.1) is 0 Å². The molecule has 4 rings (SSSR count). The molecule has 0 amide bonds. The Morgan fingerprint density at radius 2 is 1.88 bits per heavy atom. The monoisotopic (exact) mass is 218 g/mol. The van der Waals surface area contributed by atoms with Crippen LogP contribution < -0.4 is 0 Å². The Hall–Kier alpha value is -0.790. The number of carbonyl (C=O) groups excluding carboxylic acids is 1. The highest BCUT2D eigenvalue weighted by atomic mass is 16.5. The van der Waals surface area contributed by atoms with Crippen LogP contribution in [0.4, 0.5) is 0 Å². The van der Waals surface area contributed by atoms with Crippen molar-refractivity contribution < 1.29 is 9.53 Å². The number of hydrogen-bond acceptors (Lipinski definition) is 2. The van der Waals surface area contributed by atoms with Crippen LogP contribution in [0, 0.1) is 41.4 Å². The summed E-state index contributed by atoms with van der Waals surface area (Å²) in [5.74, 6) is 5.11. The van der Waals surface area contributed by atoms with Crippen LogP contribution in [0.5, 0.6) is 0 Å². The first kappa shape index (κ1) is 9.26. The van der Waals surface area contributed by atoms with Crippen molar-refractivity contribution in [1.82, 2.24) is 0 Å². The third kappa shape index (κ3) is 0.922. The fraction of sp³-hybridized carbons (Fsp3) is 0.786. The Bertz CT molecular complexity index is 373. The molecule has 0 aromatic carbocycles. The molecule has 0 spiro atoms. The third-order valence-electron chi connectivity index (χ3n) is 5.77. The predicted octanol–water partition coefficient (Wildman–Crippen LogP) is 2.25. The number of rotatable bonds is 1. The van der Waals surface area contributed by atoms with Crippen LogP contribution in [-0.2, 0) is 9.53 Å². The second kappa shape index (κ2) is 2.91. The lowest BCUT2D eigenvalue weighted by Crippen LogP contribution is -2.34. The fourth-order valence-electron chi connectivity index (χ4n) is 5.44. The highest BCUT2D eigenvalue weighted by molar-refractivity contribution is 5.73. The maximum atomic E-state index is 11.8. The summed E-state index contributed by atoms with van der Waals surface area (Å²) >= 11 is 0. The van der Waals surface area contributed by atoms with Crippen molar-refractivity contribution in [1.29, 1.82) is 0 Å². The molecule has 4 aliphatic carbocycles. The van der Waals surface area contributed by atoms with E-state index in [1.807, 2.05) is 0 Å². The minimum absolute atomic E-state index is 0.0534. The second-order valence-corrected chi connectivity index (χ2v) is 6.13. The highest BCUT2D eigenvalue weighted by Crippen LogP contribution is 2.66. The molecule has 3 unspecified atom stereocenters. The van der Waals surface area contributed by atoms with Gasteiger partial charge in [-0.05, 0) is 54.8 Å². The normalized spacial score (nSPS) is 55.7. The summed E-state index contributed by atoms with van der Waals surface area (Å²) in [6, 6.07) is 0. The van der Waals surface area contributed by atoms with Crippen molar-refractivity contribution in [3.63, 3.8) is 0 Å². The van der Waals surface area contributed by atoms with E-state index in [1.54, 1.807) is 0 Å². The van der Waals surface area contributed by atoms with Crippen LogP contribution in [-0.4, -0.2) is 13.1 Å². The maximum absolute atomic E-state index is 11.8. The average Bonchev–Trinajstić information content (AvgIpc) is 3.03. The van der Waals surface area contributed by atoms with E-state index in [9.17, 15) is 4.79 Å². The molecule has 0 N–H and O–H groups in total. The van der Waals surface area contributed by atoms with Crippen molar-refractivity contribution in [2.75, 3.05) is 7.11 Å². The number of fused-ring (bicyclic) bond motifs is 9. The molecule has 0 aliphatic heterocycles. The fourth-order valence-corrected chi connectivity index (χ4v) is 5.44. The van der Waals surface area contributed by atoms with Crippen LogP contribution in [0.1, 0.15) is 19.3 Å². The Morgan fingerprint density at radius 1 is 1.12 bits per heavy atom. The summed E-state index contributed by atoms with van der Waals surface area (Å²) < 4.78 is 4.96. The standard InChI is InChI=1S/C14H18O2/c1-16-14(15)11-6-9-5-10(11)13-8-3-2-7(4-8)12(9)13/h2-3,7-13H,4-6H2,1H3/t7-,8+,9-,10+,11?,12?,13?/m1/s1. The SMILES string of the molecule is COC(=O)C1C[C@H]2C[C@@H]1C1C2[C@@H]2C=C[C@H]1C2. The first-order chi connectivity index (χ1) is 7.79. The van der Waals surface area contributed by atoms with Crippen LogP contribution in [0.3, 0.4) is 0 Å². The van der Waals surface area contributed by atoms with Crippen molar-refractivity contribution in [3.05, 3.63) is 12.2 Å². The van der Waals surface area contributed by atoms with Gasteiger partial charge in [0.25, 0.3) is 0 Å². The molecule has 0 aromatic rings. The molecule has 4 bridgehead atoms. The van der Waals surface area contributed by atoms with Crippen LogP contribution >= 0.6 is 0 Å². The van der Waals surface area contributed by atoms with Gasteiger partial charge < -0.3 is 4.74 Å². The molecule has 0 aromatic heterocycles. The Morgan fingerprint density at radius 3 is 2.62 bits per heavy atom. The molecule has 0 heterocycles. The highest BCUT2D eigenvalue weighted by Gasteiger charge is 2.62. The molecule has 7 atom stereocenters. The lowest BCUT2D eigenvalue weighted by Gasteiger charge is -2.35. The largest absolute Gasteiger partial charge is 0.469 e. The van der Waals surface area contributed by atoms with Gasteiger partial charge in [0.1, 0.15) is 0 Å². The second-order valence-electron chi connectivity index (χ2n) is 6.13. The Kier molecular flexibility index (Phi) is 1.68. The van der Waals surface area contributed by atoms with Gasteiger partial charge in [0, 0.05) is 0 Å². The van der Waals surface area contributed by atoms with Crippen molar-refractivity contribution in [2.45, 2.75) is 19.3 Å². The summed E-state index contributed by atoms with van der Waals surface area (Å²) in [6.45, 7) is 0. The number of allylic oxidation sites excluding steroid dienone is 2. The quantitative estimate of drug-likeness (QED) is 0.383. The van der Waals surface area contributed by atoms with Crippen LogP contribution in [0.15, 0.2) is 12.2 Å². The minimum atomic E-state index is 0.0534. The van der Waals surface area contributed by atoms with Crippen molar-refractivity contribution >= 4 is 5.97 Å². The molecule has 16 heavy (non-hydrogen) atoms. The summed E-state index contributed by atoms with van der Waals surface area (Å²) in [6.07, 6.45) is 8.64. The number of carbonyl (C=O) groups is 1. The molecule has 2 heteroatoms.